The molecule has 1 aliphatic heterocycles. The van der Waals surface area contributed by atoms with E-state index in [1.54, 1.807) is 23.1 Å². The zero-order chi connectivity index (χ0) is 19.9. The van der Waals surface area contributed by atoms with Crippen LogP contribution in [-0.2, 0) is 11.2 Å². The Balaban J connectivity index is 1.46. The molecule has 2 aromatic carbocycles. The Bertz CT molecular complexity index is 844. The van der Waals surface area contributed by atoms with Crippen LogP contribution in [0.25, 0.3) is 0 Å². The van der Waals surface area contributed by atoms with Crippen molar-refractivity contribution in [3.05, 3.63) is 65.7 Å². The maximum absolute atomic E-state index is 13.3. The van der Waals surface area contributed by atoms with Gasteiger partial charge in [-0.05, 0) is 54.7 Å². The van der Waals surface area contributed by atoms with Gasteiger partial charge >= 0.3 is 6.03 Å². The maximum Gasteiger partial charge on any atom is 0.319 e. The van der Waals surface area contributed by atoms with Crippen LogP contribution >= 0.6 is 0 Å². The molecule has 5 nitrogen and oxygen atoms in total. The Morgan fingerprint density at radius 1 is 1.07 bits per heavy atom. The molecule has 28 heavy (non-hydrogen) atoms. The molecule has 7 heteroatoms. The van der Waals surface area contributed by atoms with Crippen molar-refractivity contribution in [3.63, 3.8) is 0 Å². The Morgan fingerprint density at radius 2 is 1.82 bits per heavy atom. The van der Waals surface area contributed by atoms with Crippen molar-refractivity contribution in [2.24, 2.45) is 5.92 Å². The summed E-state index contributed by atoms with van der Waals surface area (Å²) in [7, 11) is 0. The molecule has 0 spiro atoms. The summed E-state index contributed by atoms with van der Waals surface area (Å²) in [6.45, 7) is 1.64. The minimum Gasteiger partial charge on any atom is -0.342 e. The molecule has 0 bridgehead atoms. The lowest BCUT2D eigenvalue weighted by atomic mass is 9.97. The van der Waals surface area contributed by atoms with Crippen LogP contribution in [0.1, 0.15) is 18.4 Å². The largest absolute Gasteiger partial charge is 0.342 e. The van der Waals surface area contributed by atoms with Crippen LogP contribution in [0.15, 0.2) is 48.5 Å². The monoisotopic (exact) mass is 387 g/mol. The molecule has 2 N–H and O–H groups in total. The van der Waals surface area contributed by atoms with Gasteiger partial charge < -0.3 is 15.5 Å². The molecule has 0 radical (unpaired) electrons. The number of carbonyl (C=O) groups is 2. The molecule has 1 saturated heterocycles. The van der Waals surface area contributed by atoms with Gasteiger partial charge in [0.25, 0.3) is 0 Å². The molecule has 3 amide bonds. The molecule has 0 aliphatic carbocycles. The summed E-state index contributed by atoms with van der Waals surface area (Å²) >= 11 is 0. The van der Waals surface area contributed by atoms with Gasteiger partial charge in [-0.2, -0.15) is 0 Å². The highest BCUT2D eigenvalue weighted by atomic mass is 19.1. The van der Waals surface area contributed by atoms with E-state index in [-0.39, 0.29) is 24.1 Å². The van der Waals surface area contributed by atoms with Gasteiger partial charge in [0.15, 0.2) is 0 Å². The van der Waals surface area contributed by atoms with Crippen molar-refractivity contribution in [2.45, 2.75) is 19.3 Å². The highest BCUT2D eigenvalue weighted by Crippen LogP contribution is 2.17. The lowest BCUT2D eigenvalue weighted by molar-refractivity contribution is -0.132. The molecule has 1 heterocycles. The van der Waals surface area contributed by atoms with Crippen molar-refractivity contribution >= 4 is 17.6 Å². The van der Waals surface area contributed by atoms with Gasteiger partial charge in [0, 0.05) is 25.3 Å². The van der Waals surface area contributed by atoms with Crippen LogP contribution in [0.3, 0.4) is 0 Å². The van der Waals surface area contributed by atoms with Gasteiger partial charge in [0.1, 0.15) is 11.6 Å². The topological polar surface area (TPSA) is 61.4 Å². The molecule has 0 aromatic heterocycles. The second kappa shape index (κ2) is 9.30. The second-order valence-corrected chi connectivity index (χ2v) is 7.00. The minimum absolute atomic E-state index is 0.0421. The number of anilines is 1. The quantitative estimate of drug-likeness (QED) is 0.824. The third-order valence-corrected chi connectivity index (χ3v) is 4.75. The number of likely N-dealkylation sites (tertiary alicyclic amines) is 1. The van der Waals surface area contributed by atoms with E-state index in [0.717, 1.165) is 12.8 Å². The third kappa shape index (κ3) is 5.77. The van der Waals surface area contributed by atoms with Gasteiger partial charge in [0.2, 0.25) is 5.91 Å². The predicted octanol–water partition coefficient (Wildman–Crippen LogP) is 3.57. The molecule has 1 aliphatic rings. The van der Waals surface area contributed by atoms with Crippen LogP contribution in [0.2, 0.25) is 0 Å². The number of rotatable bonds is 5. The molecule has 148 valence electrons. The maximum atomic E-state index is 13.3. The molecular formula is C21H23F2N3O2. The van der Waals surface area contributed by atoms with E-state index in [2.05, 4.69) is 10.6 Å². The summed E-state index contributed by atoms with van der Waals surface area (Å²) in [6.07, 6.45) is 1.93. The first-order valence-electron chi connectivity index (χ1n) is 9.32. The molecule has 3 rings (SSSR count). The van der Waals surface area contributed by atoms with E-state index in [1.165, 1.54) is 30.3 Å². The first-order chi connectivity index (χ1) is 13.5. The first kappa shape index (κ1) is 19.8. The number of hydrogen-bond acceptors (Lipinski definition) is 2. The van der Waals surface area contributed by atoms with Gasteiger partial charge in [-0.3, -0.25) is 4.79 Å². The number of nitrogens with zero attached hydrogens (tertiary/aromatic N) is 1. The van der Waals surface area contributed by atoms with Crippen LogP contribution in [-0.4, -0.2) is 36.5 Å². The van der Waals surface area contributed by atoms with Crippen LogP contribution in [0.5, 0.6) is 0 Å². The Kier molecular flexibility index (Phi) is 6.57. The van der Waals surface area contributed by atoms with Gasteiger partial charge in [-0.25, -0.2) is 13.6 Å². The van der Waals surface area contributed by atoms with E-state index in [9.17, 15) is 18.4 Å². The van der Waals surface area contributed by atoms with E-state index in [4.69, 9.17) is 0 Å². The number of halogens is 2. The average molecular weight is 387 g/mol. The van der Waals surface area contributed by atoms with Crippen LogP contribution in [0.4, 0.5) is 19.3 Å². The normalized spacial score (nSPS) is 16.5. The molecular weight excluding hydrogens is 364 g/mol. The summed E-state index contributed by atoms with van der Waals surface area (Å²) in [5.41, 5.74) is 1.03. The van der Waals surface area contributed by atoms with Crippen molar-refractivity contribution in [1.82, 2.24) is 10.2 Å². The Morgan fingerprint density at radius 3 is 2.57 bits per heavy atom. The Hall–Kier alpha value is -2.96. The smallest absolute Gasteiger partial charge is 0.319 e. The molecule has 2 aromatic rings. The zero-order valence-electron chi connectivity index (χ0n) is 15.5. The number of amides is 3. The number of nitrogens with one attached hydrogen (secondary N) is 2. The van der Waals surface area contributed by atoms with Crippen molar-refractivity contribution < 1.29 is 18.4 Å². The summed E-state index contributed by atoms with van der Waals surface area (Å²) in [5.74, 6) is -0.671. The third-order valence-electron chi connectivity index (χ3n) is 4.75. The molecule has 1 fully saturated rings. The summed E-state index contributed by atoms with van der Waals surface area (Å²) in [4.78, 5) is 26.3. The standard InChI is InChI=1S/C21H23F2N3O2/c22-17-6-1-4-15(10-17)11-20(27)26-9-3-5-16(14-26)13-24-21(28)25-19-8-2-7-18(23)12-19/h1-2,4,6-8,10,12,16H,3,5,9,11,13-14H2,(H2,24,25,28). The first-order valence-corrected chi connectivity index (χ1v) is 9.32. The lowest BCUT2D eigenvalue weighted by Gasteiger charge is -2.33. The minimum atomic E-state index is -0.419. The van der Waals surface area contributed by atoms with Crippen molar-refractivity contribution in [3.8, 4) is 0 Å². The highest BCUT2D eigenvalue weighted by Gasteiger charge is 2.24. The summed E-state index contributed by atoms with van der Waals surface area (Å²) in [6, 6.07) is 11.3. The SMILES string of the molecule is O=C(NCC1CCCN(C(=O)Cc2cccc(F)c2)C1)Nc1cccc(F)c1. The Labute approximate surface area is 162 Å². The van der Waals surface area contributed by atoms with E-state index in [1.807, 2.05) is 0 Å². The fourth-order valence-electron chi connectivity index (χ4n) is 3.37. The van der Waals surface area contributed by atoms with Gasteiger partial charge in [-0.1, -0.05) is 18.2 Å². The summed E-state index contributed by atoms with van der Waals surface area (Å²) in [5, 5.41) is 5.37. The number of urea groups is 1. The van der Waals surface area contributed by atoms with Crippen LogP contribution in [0, 0.1) is 17.6 Å². The molecule has 0 saturated carbocycles. The fourth-order valence-corrected chi connectivity index (χ4v) is 3.37. The highest BCUT2D eigenvalue weighted by molar-refractivity contribution is 5.89. The number of carbonyl (C=O) groups excluding carboxylic acids is 2. The molecule has 1 unspecified atom stereocenters. The van der Waals surface area contributed by atoms with E-state index in [0.29, 0.717) is 30.9 Å². The van der Waals surface area contributed by atoms with Crippen LogP contribution < -0.4 is 10.6 Å². The van der Waals surface area contributed by atoms with E-state index >= 15 is 0 Å². The second-order valence-electron chi connectivity index (χ2n) is 7.00. The lowest BCUT2D eigenvalue weighted by Crippen LogP contribution is -2.44. The molecule has 1 atom stereocenters. The number of benzene rings is 2. The van der Waals surface area contributed by atoms with Crippen molar-refractivity contribution in [1.29, 1.82) is 0 Å². The van der Waals surface area contributed by atoms with Gasteiger partial charge in [0.05, 0.1) is 6.42 Å². The zero-order valence-corrected chi connectivity index (χ0v) is 15.5. The summed E-state index contributed by atoms with van der Waals surface area (Å²) < 4.78 is 26.4. The number of hydrogen-bond donors (Lipinski definition) is 2. The average Bonchev–Trinajstić information content (AvgIpc) is 2.67. The van der Waals surface area contributed by atoms with Crippen molar-refractivity contribution in [2.75, 3.05) is 25.0 Å². The fraction of sp³-hybridized carbons (Fsp3) is 0.333. The van der Waals surface area contributed by atoms with E-state index < -0.39 is 11.8 Å². The predicted molar refractivity (Wildman–Crippen MR) is 103 cm³/mol. The van der Waals surface area contributed by atoms with Gasteiger partial charge in [-0.15, -0.1) is 0 Å². The number of piperidine rings is 1.